The molecule has 2 aromatic heterocycles. The van der Waals surface area contributed by atoms with E-state index in [9.17, 15) is 18.0 Å². The van der Waals surface area contributed by atoms with Crippen molar-refractivity contribution in [2.75, 3.05) is 18.0 Å². The number of carboxylic acid groups (broad SMARTS) is 1. The summed E-state index contributed by atoms with van der Waals surface area (Å²) in [5.41, 5.74) is 1.58. The molecule has 0 unspecified atom stereocenters. The molecular weight excluding hydrogens is 339 g/mol. The fraction of sp³-hybridized carbons (Fsp3) is 0.467. The average molecular weight is 355 g/mol. The van der Waals surface area contributed by atoms with Crippen LogP contribution in [0.2, 0.25) is 0 Å². The maximum Gasteiger partial charge on any atom is 0.394 e. The quantitative estimate of drug-likeness (QED) is 0.906. The van der Waals surface area contributed by atoms with Gasteiger partial charge in [-0.3, -0.25) is 9.78 Å². The molecule has 1 aliphatic rings. The van der Waals surface area contributed by atoms with E-state index >= 15 is 0 Å². The van der Waals surface area contributed by atoms with E-state index in [2.05, 4.69) is 15.1 Å². The molecule has 25 heavy (non-hydrogen) atoms. The molecule has 0 bridgehead atoms. The third-order valence-corrected chi connectivity index (χ3v) is 4.22. The van der Waals surface area contributed by atoms with Gasteiger partial charge >= 0.3 is 12.1 Å². The van der Waals surface area contributed by atoms with Gasteiger partial charge in [0.2, 0.25) is 0 Å². The Morgan fingerprint density at radius 2 is 1.92 bits per heavy atom. The molecule has 134 valence electrons. The number of hydrogen-bond acceptors (Lipinski definition) is 5. The molecule has 3 heterocycles. The summed E-state index contributed by atoms with van der Waals surface area (Å²) >= 11 is 0. The second kappa shape index (κ2) is 6.01. The van der Waals surface area contributed by atoms with Crippen molar-refractivity contribution in [3.05, 3.63) is 29.8 Å². The Balaban J connectivity index is 1.91. The zero-order chi connectivity index (χ0) is 18.4. The van der Waals surface area contributed by atoms with Gasteiger partial charge in [0.05, 0.1) is 29.9 Å². The Kier molecular flexibility index (Phi) is 4.13. The summed E-state index contributed by atoms with van der Waals surface area (Å²) in [6.07, 6.45) is -1.81. The molecular formula is C15H16F3N5O2. The van der Waals surface area contributed by atoms with Crippen molar-refractivity contribution in [2.24, 2.45) is 11.8 Å². The Morgan fingerprint density at radius 3 is 2.44 bits per heavy atom. The number of aryl methyl sites for hydroxylation is 2. The number of carboxylic acids is 1. The first kappa shape index (κ1) is 17.2. The van der Waals surface area contributed by atoms with Crippen LogP contribution >= 0.6 is 0 Å². The van der Waals surface area contributed by atoms with Crippen LogP contribution in [0.25, 0.3) is 5.82 Å². The van der Waals surface area contributed by atoms with Gasteiger partial charge in [-0.1, -0.05) is 0 Å². The number of alkyl halides is 3. The minimum Gasteiger partial charge on any atom is -0.481 e. The van der Waals surface area contributed by atoms with Crippen LogP contribution < -0.4 is 4.90 Å². The predicted octanol–water partition coefficient (Wildman–Crippen LogP) is 1.98. The Hall–Kier alpha value is -2.65. The molecule has 7 nitrogen and oxygen atoms in total. The van der Waals surface area contributed by atoms with Crippen molar-refractivity contribution in [1.82, 2.24) is 19.7 Å². The van der Waals surface area contributed by atoms with Crippen LogP contribution in [0.1, 0.15) is 11.4 Å². The van der Waals surface area contributed by atoms with Crippen LogP contribution in [0, 0.1) is 25.7 Å². The van der Waals surface area contributed by atoms with Crippen molar-refractivity contribution < 1.29 is 23.1 Å². The number of carbonyl (C=O) groups is 1. The van der Waals surface area contributed by atoms with E-state index in [1.165, 1.54) is 22.0 Å². The lowest BCUT2D eigenvalue weighted by Gasteiger charge is -2.19. The Labute approximate surface area is 141 Å². The number of anilines is 1. The number of rotatable bonds is 3. The summed E-state index contributed by atoms with van der Waals surface area (Å²) in [6, 6.07) is 1.84. The first-order valence-electron chi connectivity index (χ1n) is 7.57. The van der Waals surface area contributed by atoms with Gasteiger partial charge in [-0.2, -0.15) is 18.3 Å². The summed E-state index contributed by atoms with van der Waals surface area (Å²) in [6.45, 7) is 2.90. The fourth-order valence-electron chi connectivity index (χ4n) is 3.03. The predicted molar refractivity (Wildman–Crippen MR) is 81.5 cm³/mol. The molecule has 0 amide bonds. The zero-order valence-electron chi connectivity index (χ0n) is 13.5. The molecule has 0 radical (unpaired) electrons. The summed E-state index contributed by atoms with van der Waals surface area (Å²) in [4.78, 5) is 20.8. The second-order valence-corrected chi connectivity index (χ2v) is 6.07. The van der Waals surface area contributed by atoms with Gasteiger partial charge in [0.15, 0.2) is 5.82 Å². The molecule has 1 saturated heterocycles. The van der Waals surface area contributed by atoms with Crippen LogP contribution in [-0.2, 0) is 4.79 Å². The van der Waals surface area contributed by atoms with Gasteiger partial charge < -0.3 is 10.0 Å². The number of aliphatic carboxylic acids is 1. The van der Waals surface area contributed by atoms with Gasteiger partial charge in [-0.25, -0.2) is 9.67 Å². The Bertz CT molecular complexity index is 805. The van der Waals surface area contributed by atoms with Gasteiger partial charge in [0, 0.05) is 18.8 Å². The van der Waals surface area contributed by atoms with Gasteiger partial charge in [-0.15, -0.1) is 0 Å². The van der Waals surface area contributed by atoms with E-state index in [0.717, 1.165) is 11.4 Å². The van der Waals surface area contributed by atoms with Gasteiger partial charge in [0.1, 0.15) is 5.82 Å². The Morgan fingerprint density at radius 1 is 1.24 bits per heavy atom. The van der Waals surface area contributed by atoms with Crippen molar-refractivity contribution in [3.8, 4) is 5.82 Å². The summed E-state index contributed by atoms with van der Waals surface area (Å²) in [5.74, 6) is -4.37. The summed E-state index contributed by atoms with van der Waals surface area (Å²) < 4.78 is 40.9. The second-order valence-electron chi connectivity index (χ2n) is 6.07. The van der Waals surface area contributed by atoms with Crippen molar-refractivity contribution >= 4 is 11.8 Å². The lowest BCUT2D eigenvalue weighted by Crippen LogP contribution is -2.33. The van der Waals surface area contributed by atoms with Crippen LogP contribution in [0.3, 0.4) is 0 Å². The largest absolute Gasteiger partial charge is 0.481 e. The van der Waals surface area contributed by atoms with E-state index in [1.807, 2.05) is 19.9 Å². The molecule has 0 aliphatic carbocycles. The van der Waals surface area contributed by atoms with Crippen LogP contribution in [0.5, 0.6) is 0 Å². The highest BCUT2D eigenvalue weighted by atomic mass is 19.4. The van der Waals surface area contributed by atoms with Crippen molar-refractivity contribution in [3.63, 3.8) is 0 Å². The first-order chi connectivity index (χ1) is 11.7. The van der Waals surface area contributed by atoms with E-state index in [4.69, 9.17) is 5.11 Å². The highest BCUT2D eigenvalue weighted by molar-refractivity contribution is 5.72. The average Bonchev–Trinajstić information content (AvgIpc) is 3.11. The minimum absolute atomic E-state index is 0.197. The highest BCUT2D eigenvalue weighted by Crippen LogP contribution is 2.39. The monoisotopic (exact) mass is 355 g/mol. The topological polar surface area (TPSA) is 84.1 Å². The number of hydrogen-bond donors (Lipinski definition) is 1. The normalized spacial score (nSPS) is 20.9. The molecule has 0 aromatic carbocycles. The number of nitrogens with zero attached hydrogens (tertiary/aromatic N) is 5. The lowest BCUT2D eigenvalue weighted by molar-refractivity contribution is -0.187. The maximum atomic E-state index is 13.1. The molecule has 2 atom stereocenters. The van der Waals surface area contributed by atoms with Crippen LogP contribution in [-0.4, -0.2) is 50.1 Å². The minimum atomic E-state index is -4.58. The first-order valence-corrected chi connectivity index (χ1v) is 7.57. The molecule has 0 saturated carbocycles. The summed E-state index contributed by atoms with van der Waals surface area (Å²) in [5, 5.41) is 13.4. The van der Waals surface area contributed by atoms with E-state index in [-0.39, 0.29) is 12.4 Å². The number of aromatic nitrogens is 4. The van der Waals surface area contributed by atoms with Crippen LogP contribution in [0.4, 0.5) is 19.0 Å². The molecule has 1 aliphatic heterocycles. The smallest absolute Gasteiger partial charge is 0.394 e. The van der Waals surface area contributed by atoms with Gasteiger partial charge in [0.25, 0.3) is 0 Å². The van der Waals surface area contributed by atoms with Crippen LogP contribution in [0.15, 0.2) is 18.5 Å². The SMILES string of the molecule is Cc1cc(C)n(-c2cncc(N3C[C@@H](C(F)(F)F)[C@H](C(=O)O)C3)n2)n1. The fourth-order valence-corrected chi connectivity index (χ4v) is 3.03. The lowest BCUT2D eigenvalue weighted by atomic mass is 9.96. The van der Waals surface area contributed by atoms with Gasteiger partial charge in [-0.05, 0) is 19.9 Å². The van der Waals surface area contributed by atoms with E-state index in [0.29, 0.717) is 5.82 Å². The molecule has 1 fully saturated rings. The van der Waals surface area contributed by atoms with E-state index < -0.39 is 30.5 Å². The maximum absolute atomic E-state index is 13.1. The number of halogens is 3. The molecule has 0 spiro atoms. The van der Waals surface area contributed by atoms with Crippen molar-refractivity contribution in [1.29, 1.82) is 0 Å². The van der Waals surface area contributed by atoms with E-state index in [1.54, 1.807) is 0 Å². The van der Waals surface area contributed by atoms with Crippen molar-refractivity contribution in [2.45, 2.75) is 20.0 Å². The molecule has 10 heteroatoms. The molecule has 3 rings (SSSR count). The summed E-state index contributed by atoms with van der Waals surface area (Å²) in [7, 11) is 0. The third-order valence-electron chi connectivity index (χ3n) is 4.22. The highest BCUT2D eigenvalue weighted by Gasteiger charge is 2.52. The molecule has 1 N–H and O–H groups in total. The third kappa shape index (κ3) is 3.28. The molecule has 2 aromatic rings. The standard InChI is InChI=1S/C15H16F3N5O2/c1-8-3-9(2)23(21-8)13-5-19-4-12(20-13)22-6-10(14(24)25)11(7-22)15(16,17)18/h3-5,10-11H,6-7H2,1-2H3,(H,24,25)/t10-,11-/m1/s1. The zero-order valence-corrected chi connectivity index (χ0v) is 13.5.